The molecule has 1 aromatic rings. The Balaban J connectivity index is 2.06. The molecule has 0 spiro atoms. The monoisotopic (exact) mass is 265 g/mol. The van der Waals surface area contributed by atoms with Gasteiger partial charge in [-0.1, -0.05) is 0 Å². The van der Waals surface area contributed by atoms with E-state index in [9.17, 15) is 9.59 Å². The fraction of sp³-hybridized carbons (Fsp3) is 0.583. The van der Waals surface area contributed by atoms with Gasteiger partial charge >= 0.3 is 0 Å². The molecule has 2 rings (SSSR count). The standard InChI is InChI=1S/C12H19N5O2/c1-15(2)10(18)8-16(3)11(19)9-7-17-6-4-5-13-12(17)14-9/h7H,4-6,8H2,1-3H3,(H,13,14). The minimum absolute atomic E-state index is 0.0570. The van der Waals surface area contributed by atoms with E-state index in [4.69, 9.17) is 0 Å². The summed E-state index contributed by atoms with van der Waals surface area (Å²) >= 11 is 0. The molecule has 104 valence electrons. The van der Waals surface area contributed by atoms with Crippen LogP contribution in [0.25, 0.3) is 0 Å². The lowest BCUT2D eigenvalue weighted by Gasteiger charge is -2.18. The first-order valence-electron chi connectivity index (χ1n) is 6.25. The number of nitrogens with zero attached hydrogens (tertiary/aromatic N) is 4. The quantitative estimate of drug-likeness (QED) is 0.825. The molecular formula is C12H19N5O2. The first kappa shape index (κ1) is 13.4. The number of anilines is 1. The molecule has 7 heteroatoms. The van der Waals surface area contributed by atoms with Crippen molar-refractivity contribution in [3.63, 3.8) is 0 Å². The van der Waals surface area contributed by atoms with Gasteiger partial charge in [0.25, 0.3) is 5.91 Å². The molecule has 1 N–H and O–H groups in total. The summed E-state index contributed by atoms with van der Waals surface area (Å²) in [7, 11) is 4.94. The number of amides is 2. The molecule has 0 atom stereocenters. The summed E-state index contributed by atoms with van der Waals surface area (Å²) in [6, 6.07) is 0. The summed E-state index contributed by atoms with van der Waals surface area (Å²) in [5, 5.41) is 3.14. The number of aromatic nitrogens is 2. The number of hydrogen-bond donors (Lipinski definition) is 1. The Kier molecular flexibility index (Phi) is 3.73. The number of fused-ring (bicyclic) bond motifs is 1. The molecular weight excluding hydrogens is 246 g/mol. The Bertz CT molecular complexity index is 471. The van der Waals surface area contributed by atoms with Crippen LogP contribution >= 0.6 is 0 Å². The van der Waals surface area contributed by atoms with Crippen LogP contribution in [0, 0.1) is 0 Å². The van der Waals surface area contributed by atoms with Crippen LogP contribution in [0.2, 0.25) is 0 Å². The fourth-order valence-corrected chi connectivity index (χ4v) is 1.89. The second kappa shape index (κ2) is 5.29. The highest BCUT2D eigenvalue weighted by Gasteiger charge is 2.21. The van der Waals surface area contributed by atoms with E-state index in [1.165, 1.54) is 9.80 Å². The Labute approximate surface area is 112 Å². The van der Waals surface area contributed by atoms with Crippen LogP contribution in [0.4, 0.5) is 5.95 Å². The SMILES string of the molecule is CN(C)C(=O)CN(C)C(=O)c1cn2c(n1)NCCC2. The van der Waals surface area contributed by atoms with Crippen molar-refractivity contribution >= 4 is 17.8 Å². The van der Waals surface area contributed by atoms with Gasteiger partial charge in [-0.2, -0.15) is 0 Å². The van der Waals surface area contributed by atoms with Crippen molar-refractivity contribution in [2.24, 2.45) is 0 Å². The molecule has 0 radical (unpaired) electrons. The van der Waals surface area contributed by atoms with Crippen molar-refractivity contribution in [1.82, 2.24) is 19.4 Å². The lowest BCUT2D eigenvalue weighted by Crippen LogP contribution is -2.37. The molecule has 1 aromatic heterocycles. The van der Waals surface area contributed by atoms with Crippen molar-refractivity contribution in [2.75, 3.05) is 39.5 Å². The Morgan fingerprint density at radius 2 is 2.16 bits per heavy atom. The van der Waals surface area contributed by atoms with Crippen molar-refractivity contribution in [3.05, 3.63) is 11.9 Å². The molecule has 2 amide bonds. The number of likely N-dealkylation sites (N-methyl/N-ethyl adjacent to an activating group) is 2. The average Bonchev–Trinajstić information content (AvgIpc) is 2.81. The minimum atomic E-state index is -0.237. The first-order chi connectivity index (χ1) is 8.99. The summed E-state index contributed by atoms with van der Waals surface area (Å²) in [4.78, 5) is 30.9. The number of imidazole rings is 1. The van der Waals surface area contributed by atoms with E-state index >= 15 is 0 Å². The Morgan fingerprint density at radius 1 is 1.42 bits per heavy atom. The number of hydrogen-bond acceptors (Lipinski definition) is 4. The molecule has 1 aliphatic heterocycles. The van der Waals surface area contributed by atoms with Crippen LogP contribution in [0.5, 0.6) is 0 Å². The average molecular weight is 265 g/mol. The number of rotatable bonds is 3. The van der Waals surface area contributed by atoms with Crippen LogP contribution in [0.1, 0.15) is 16.9 Å². The van der Waals surface area contributed by atoms with Gasteiger partial charge in [-0.15, -0.1) is 0 Å². The van der Waals surface area contributed by atoms with Crippen molar-refractivity contribution in [3.8, 4) is 0 Å². The molecule has 19 heavy (non-hydrogen) atoms. The maximum absolute atomic E-state index is 12.2. The number of carbonyl (C=O) groups excluding carboxylic acids is 2. The van der Waals surface area contributed by atoms with Crippen LogP contribution in [0.15, 0.2) is 6.20 Å². The van der Waals surface area contributed by atoms with E-state index in [0.29, 0.717) is 5.69 Å². The van der Waals surface area contributed by atoms with E-state index in [1.807, 2.05) is 4.57 Å². The molecule has 2 heterocycles. The van der Waals surface area contributed by atoms with Gasteiger partial charge in [0.15, 0.2) is 0 Å². The predicted molar refractivity (Wildman–Crippen MR) is 71.0 cm³/mol. The summed E-state index contributed by atoms with van der Waals surface area (Å²) in [6.45, 7) is 1.80. The van der Waals surface area contributed by atoms with Crippen LogP contribution in [-0.2, 0) is 11.3 Å². The van der Waals surface area contributed by atoms with Gasteiger partial charge in [0.2, 0.25) is 11.9 Å². The third-order valence-corrected chi connectivity index (χ3v) is 3.07. The second-order valence-corrected chi connectivity index (χ2v) is 4.87. The topological polar surface area (TPSA) is 70.5 Å². The zero-order valence-electron chi connectivity index (χ0n) is 11.5. The zero-order valence-corrected chi connectivity index (χ0v) is 11.5. The van der Waals surface area contributed by atoms with E-state index in [1.54, 1.807) is 27.3 Å². The van der Waals surface area contributed by atoms with Crippen molar-refractivity contribution < 1.29 is 9.59 Å². The molecule has 1 aliphatic rings. The van der Waals surface area contributed by atoms with Gasteiger partial charge in [0.1, 0.15) is 5.69 Å². The van der Waals surface area contributed by atoms with Gasteiger partial charge in [-0.3, -0.25) is 9.59 Å². The zero-order chi connectivity index (χ0) is 14.0. The van der Waals surface area contributed by atoms with Crippen LogP contribution in [0.3, 0.4) is 0 Å². The number of nitrogens with one attached hydrogen (secondary N) is 1. The van der Waals surface area contributed by atoms with Gasteiger partial charge in [0.05, 0.1) is 6.54 Å². The summed E-state index contributed by atoms with van der Waals surface area (Å²) in [5.41, 5.74) is 0.374. The van der Waals surface area contributed by atoms with Crippen LogP contribution in [-0.4, -0.2) is 65.4 Å². The summed E-state index contributed by atoms with van der Waals surface area (Å²) < 4.78 is 1.93. The highest BCUT2D eigenvalue weighted by Crippen LogP contribution is 2.15. The molecule has 0 aromatic carbocycles. The Hall–Kier alpha value is -2.05. The van der Waals surface area contributed by atoms with E-state index in [0.717, 1.165) is 25.5 Å². The molecule has 0 fully saturated rings. The smallest absolute Gasteiger partial charge is 0.274 e. The Morgan fingerprint density at radius 3 is 2.79 bits per heavy atom. The largest absolute Gasteiger partial charge is 0.356 e. The normalized spacial score (nSPS) is 13.4. The second-order valence-electron chi connectivity index (χ2n) is 4.87. The highest BCUT2D eigenvalue weighted by molar-refractivity contribution is 5.95. The van der Waals surface area contributed by atoms with E-state index in [2.05, 4.69) is 10.3 Å². The van der Waals surface area contributed by atoms with Gasteiger partial charge in [-0.05, 0) is 6.42 Å². The molecule has 0 aliphatic carbocycles. The molecule has 0 saturated heterocycles. The maximum atomic E-state index is 12.2. The fourth-order valence-electron chi connectivity index (χ4n) is 1.89. The number of carbonyl (C=O) groups is 2. The van der Waals surface area contributed by atoms with Gasteiger partial charge < -0.3 is 19.7 Å². The number of aryl methyl sites for hydroxylation is 1. The van der Waals surface area contributed by atoms with Gasteiger partial charge in [-0.25, -0.2) is 4.98 Å². The van der Waals surface area contributed by atoms with Gasteiger partial charge in [0, 0.05) is 40.4 Å². The van der Waals surface area contributed by atoms with E-state index < -0.39 is 0 Å². The predicted octanol–water partition coefficient (Wildman–Crippen LogP) is -0.141. The first-order valence-corrected chi connectivity index (χ1v) is 6.25. The summed E-state index contributed by atoms with van der Waals surface area (Å²) in [6.07, 6.45) is 2.76. The van der Waals surface area contributed by atoms with Crippen molar-refractivity contribution in [1.29, 1.82) is 0 Å². The molecule has 0 bridgehead atoms. The third kappa shape index (κ3) is 2.86. The molecule has 7 nitrogen and oxygen atoms in total. The van der Waals surface area contributed by atoms with Crippen molar-refractivity contribution in [2.45, 2.75) is 13.0 Å². The highest BCUT2D eigenvalue weighted by atomic mass is 16.2. The van der Waals surface area contributed by atoms with E-state index in [-0.39, 0.29) is 18.4 Å². The van der Waals surface area contributed by atoms with Crippen LogP contribution < -0.4 is 5.32 Å². The molecule has 0 saturated carbocycles. The maximum Gasteiger partial charge on any atom is 0.274 e. The summed E-state index contributed by atoms with van der Waals surface area (Å²) in [5.74, 6) is 0.374. The minimum Gasteiger partial charge on any atom is -0.356 e. The lowest BCUT2D eigenvalue weighted by atomic mass is 10.3. The molecule has 0 unspecified atom stereocenters. The lowest BCUT2D eigenvalue weighted by molar-refractivity contribution is -0.129. The third-order valence-electron chi connectivity index (χ3n) is 3.07.